The molecule has 0 aliphatic carbocycles. The lowest BCUT2D eigenvalue weighted by Crippen LogP contribution is -1.73. The summed E-state index contributed by atoms with van der Waals surface area (Å²) in [6.07, 6.45) is 2.93. The van der Waals surface area contributed by atoms with E-state index < -0.39 is 0 Å². The van der Waals surface area contributed by atoms with Crippen LogP contribution >= 0.6 is 0 Å². The van der Waals surface area contributed by atoms with E-state index >= 15 is 0 Å². The Labute approximate surface area is 106 Å². The van der Waals surface area contributed by atoms with Crippen molar-refractivity contribution in [3.05, 3.63) is 66.0 Å². The molecule has 0 bridgehead atoms. The molecule has 0 atom stereocenters. The normalized spacial score (nSPS) is 8.24. The van der Waals surface area contributed by atoms with Crippen LogP contribution in [0.15, 0.2) is 54.7 Å². The van der Waals surface area contributed by atoms with Gasteiger partial charge in [-0.15, -0.1) is 0 Å². The minimum atomic E-state index is 1.07. The monoisotopic (exact) mass is 229 g/mol. The minimum absolute atomic E-state index is 1.07. The zero-order chi connectivity index (χ0) is 12.9. The fraction of sp³-hybridized carbons (Fsp3) is 0.312. The number of aryl methyl sites for hydroxylation is 2. The summed E-state index contributed by atoms with van der Waals surface area (Å²) in [7, 11) is 0. The first-order valence-electron chi connectivity index (χ1n) is 6.24. The van der Waals surface area contributed by atoms with E-state index in [4.69, 9.17) is 0 Å². The lowest BCUT2D eigenvalue weighted by Gasteiger charge is -1.89. The zero-order valence-electron chi connectivity index (χ0n) is 11.4. The number of rotatable bonds is 1. The van der Waals surface area contributed by atoms with Gasteiger partial charge in [0.15, 0.2) is 0 Å². The highest BCUT2D eigenvalue weighted by Crippen LogP contribution is 1.96. The highest BCUT2D eigenvalue weighted by atomic mass is 14.6. The van der Waals surface area contributed by atoms with E-state index in [0.717, 1.165) is 12.1 Å². The van der Waals surface area contributed by atoms with Crippen LogP contribution in [-0.4, -0.2) is 4.98 Å². The molecule has 0 unspecified atom stereocenters. The first kappa shape index (κ1) is 15.4. The van der Waals surface area contributed by atoms with Crippen LogP contribution < -0.4 is 0 Å². The Morgan fingerprint density at radius 3 is 1.76 bits per heavy atom. The standard InChI is InChI=1S/C8H10.C6H7N.C2H6/c1-2-8-6-4-3-5-7-8;1-6-4-2-3-5-7-6;1-2/h3-7H,2H2,1H3;2-5H,1H3;1-2H3. The quantitative estimate of drug-likeness (QED) is 0.692. The molecule has 0 fully saturated rings. The van der Waals surface area contributed by atoms with Gasteiger partial charge in [-0.25, -0.2) is 0 Å². The van der Waals surface area contributed by atoms with Gasteiger partial charge in [-0.05, 0) is 31.0 Å². The third-order valence-corrected chi connectivity index (χ3v) is 2.06. The highest BCUT2D eigenvalue weighted by molar-refractivity contribution is 5.13. The van der Waals surface area contributed by atoms with Crippen molar-refractivity contribution in [3.63, 3.8) is 0 Å². The fourth-order valence-corrected chi connectivity index (χ4v) is 1.16. The molecule has 92 valence electrons. The van der Waals surface area contributed by atoms with Gasteiger partial charge in [0, 0.05) is 11.9 Å². The maximum Gasteiger partial charge on any atom is 0.0372 e. The molecule has 2 aromatic rings. The maximum atomic E-state index is 3.98. The Bertz CT molecular complexity index is 354. The smallest absolute Gasteiger partial charge is 0.0372 e. The SMILES string of the molecule is CC.CCc1ccccc1.Cc1ccccn1. The molecule has 1 nitrogen and oxygen atoms in total. The van der Waals surface area contributed by atoms with Crippen LogP contribution in [0.5, 0.6) is 0 Å². The van der Waals surface area contributed by atoms with Gasteiger partial charge in [-0.2, -0.15) is 0 Å². The molecule has 0 aliphatic heterocycles. The molecule has 1 heteroatoms. The van der Waals surface area contributed by atoms with Crippen LogP contribution in [0.4, 0.5) is 0 Å². The van der Waals surface area contributed by atoms with E-state index in [2.05, 4.69) is 36.2 Å². The van der Waals surface area contributed by atoms with Gasteiger partial charge in [0.1, 0.15) is 0 Å². The molecule has 0 amide bonds. The summed E-state index contributed by atoms with van der Waals surface area (Å²) in [6.45, 7) is 8.13. The molecule has 1 aromatic carbocycles. The van der Waals surface area contributed by atoms with Gasteiger partial charge >= 0.3 is 0 Å². The average molecular weight is 229 g/mol. The summed E-state index contributed by atoms with van der Waals surface area (Å²) >= 11 is 0. The van der Waals surface area contributed by atoms with Crippen molar-refractivity contribution in [1.29, 1.82) is 0 Å². The van der Waals surface area contributed by atoms with Crippen LogP contribution in [0.2, 0.25) is 0 Å². The Balaban J connectivity index is 0.000000265. The molecule has 2 rings (SSSR count). The summed E-state index contributed by atoms with van der Waals surface area (Å²) < 4.78 is 0. The predicted molar refractivity (Wildman–Crippen MR) is 76.1 cm³/mol. The Morgan fingerprint density at radius 1 is 0.882 bits per heavy atom. The molecule has 0 aliphatic rings. The summed E-state index contributed by atoms with van der Waals surface area (Å²) in [5, 5.41) is 0. The van der Waals surface area contributed by atoms with Crippen LogP contribution in [-0.2, 0) is 6.42 Å². The van der Waals surface area contributed by atoms with Gasteiger partial charge in [0.2, 0.25) is 0 Å². The van der Waals surface area contributed by atoms with Gasteiger partial charge in [-0.1, -0.05) is 57.2 Å². The van der Waals surface area contributed by atoms with Crippen LogP contribution in [0.25, 0.3) is 0 Å². The van der Waals surface area contributed by atoms with Crippen molar-refractivity contribution in [2.24, 2.45) is 0 Å². The largest absolute Gasteiger partial charge is 0.262 e. The van der Waals surface area contributed by atoms with Crippen LogP contribution in [0.3, 0.4) is 0 Å². The van der Waals surface area contributed by atoms with E-state index in [1.807, 2.05) is 45.0 Å². The Kier molecular flexibility index (Phi) is 9.83. The zero-order valence-corrected chi connectivity index (χ0v) is 11.4. The number of benzene rings is 1. The topological polar surface area (TPSA) is 12.9 Å². The molecule has 1 aromatic heterocycles. The van der Waals surface area contributed by atoms with Crippen molar-refractivity contribution in [2.75, 3.05) is 0 Å². The van der Waals surface area contributed by atoms with E-state index in [0.29, 0.717) is 0 Å². The first-order valence-corrected chi connectivity index (χ1v) is 6.24. The van der Waals surface area contributed by atoms with Gasteiger partial charge < -0.3 is 0 Å². The van der Waals surface area contributed by atoms with Crippen LogP contribution in [0.1, 0.15) is 32.0 Å². The summed E-state index contributed by atoms with van der Waals surface area (Å²) in [5.41, 5.74) is 2.48. The third-order valence-electron chi connectivity index (χ3n) is 2.06. The van der Waals surface area contributed by atoms with Gasteiger partial charge in [-0.3, -0.25) is 4.98 Å². The van der Waals surface area contributed by atoms with Crippen molar-refractivity contribution in [2.45, 2.75) is 34.1 Å². The minimum Gasteiger partial charge on any atom is -0.262 e. The molecule has 0 saturated heterocycles. The second-order valence-corrected chi connectivity index (χ2v) is 3.31. The molecule has 0 N–H and O–H groups in total. The number of pyridine rings is 1. The van der Waals surface area contributed by atoms with Gasteiger partial charge in [0.25, 0.3) is 0 Å². The number of aromatic nitrogens is 1. The van der Waals surface area contributed by atoms with Crippen molar-refractivity contribution in [1.82, 2.24) is 4.98 Å². The van der Waals surface area contributed by atoms with E-state index in [1.165, 1.54) is 5.56 Å². The van der Waals surface area contributed by atoms with Crippen molar-refractivity contribution < 1.29 is 0 Å². The Hall–Kier alpha value is -1.63. The first-order chi connectivity index (χ1) is 8.33. The number of hydrogen-bond acceptors (Lipinski definition) is 1. The maximum absolute atomic E-state index is 3.98. The molecule has 0 radical (unpaired) electrons. The third kappa shape index (κ3) is 8.21. The highest BCUT2D eigenvalue weighted by Gasteiger charge is 1.80. The summed E-state index contributed by atoms with van der Waals surface area (Å²) in [5.74, 6) is 0. The second kappa shape index (κ2) is 10.9. The Morgan fingerprint density at radius 2 is 1.47 bits per heavy atom. The molecular weight excluding hydrogens is 206 g/mol. The van der Waals surface area contributed by atoms with E-state index in [9.17, 15) is 0 Å². The average Bonchev–Trinajstić information content (AvgIpc) is 2.43. The number of nitrogens with zero attached hydrogens (tertiary/aromatic N) is 1. The predicted octanol–water partition coefficient (Wildman–Crippen LogP) is 4.67. The fourth-order valence-electron chi connectivity index (χ4n) is 1.16. The summed E-state index contributed by atoms with van der Waals surface area (Å²) in [4.78, 5) is 3.98. The van der Waals surface area contributed by atoms with Crippen molar-refractivity contribution in [3.8, 4) is 0 Å². The van der Waals surface area contributed by atoms with E-state index in [1.54, 1.807) is 6.20 Å². The molecular formula is C16H23N. The molecule has 0 spiro atoms. The molecule has 0 saturated carbocycles. The number of hydrogen-bond donors (Lipinski definition) is 0. The van der Waals surface area contributed by atoms with Crippen molar-refractivity contribution >= 4 is 0 Å². The molecule has 1 heterocycles. The second-order valence-electron chi connectivity index (χ2n) is 3.31. The molecule has 17 heavy (non-hydrogen) atoms. The van der Waals surface area contributed by atoms with Gasteiger partial charge in [0.05, 0.1) is 0 Å². The lowest BCUT2D eigenvalue weighted by atomic mass is 10.2. The lowest BCUT2D eigenvalue weighted by molar-refractivity contribution is 1.14. The van der Waals surface area contributed by atoms with Crippen LogP contribution in [0, 0.1) is 6.92 Å². The summed E-state index contributed by atoms with van der Waals surface area (Å²) in [6, 6.07) is 16.3. The van der Waals surface area contributed by atoms with E-state index in [-0.39, 0.29) is 0 Å².